The molecule has 1 aliphatic rings. The van der Waals surface area contributed by atoms with E-state index in [9.17, 15) is 9.90 Å². The lowest BCUT2D eigenvalue weighted by molar-refractivity contribution is -0.141. The van der Waals surface area contributed by atoms with Crippen molar-refractivity contribution in [2.45, 2.75) is 17.4 Å². The first kappa shape index (κ1) is 16.1. The molecule has 1 aliphatic heterocycles. The van der Waals surface area contributed by atoms with E-state index in [-0.39, 0.29) is 11.8 Å². The normalized spacial score (nSPS) is 21.4. The van der Waals surface area contributed by atoms with Crippen molar-refractivity contribution >= 4 is 17.7 Å². The van der Waals surface area contributed by atoms with Crippen LogP contribution in [0.4, 0.5) is 0 Å². The van der Waals surface area contributed by atoms with Crippen LogP contribution in [-0.2, 0) is 11.3 Å². The summed E-state index contributed by atoms with van der Waals surface area (Å²) in [4.78, 5) is 15.1. The van der Waals surface area contributed by atoms with Crippen LogP contribution in [0.1, 0.15) is 17.0 Å². The Hall–Kier alpha value is -1.78. The predicted octanol–water partition coefficient (Wildman–Crippen LogP) is 3.71. The predicted molar refractivity (Wildman–Crippen MR) is 93.8 cm³/mol. The molecule has 2 aromatic carbocycles. The third kappa shape index (κ3) is 3.77. The smallest absolute Gasteiger partial charge is 0.308 e. The maximum absolute atomic E-state index is 11.7. The highest BCUT2D eigenvalue weighted by molar-refractivity contribution is 7.98. The van der Waals surface area contributed by atoms with E-state index in [1.54, 1.807) is 11.8 Å². The Labute approximate surface area is 141 Å². The Morgan fingerprint density at radius 3 is 2.43 bits per heavy atom. The maximum Gasteiger partial charge on any atom is 0.308 e. The van der Waals surface area contributed by atoms with Crippen molar-refractivity contribution in [3.8, 4) is 0 Å². The van der Waals surface area contributed by atoms with Gasteiger partial charge in [-0.1, -0.05) is 42.5 Å². The van der Waals surface area contributed by atoms with Crippen LogP contribution in [0.5, 0.6) is 0 Å². The molecule has 1 fully saturated rings. The number of carbonyl (C=O) groups is 1. The van der Waals surface area contributed by atoms with Crippen LogP contribution in [0.2, 0.25) is 0 Å². The number of thioether (sulfide) groups is 1. The number of hydrogen-bond donors (Lipinski definition) is 1. The lowest BCUT2D eigenvalue weighted by Gasteiger charge is -2.16. The summed E-state index contributed by atoms with van der Waals surface area (Å²) in [6, 6.07) is 18.6. The van der Waals surface area contributed by atoms with Crippen molar-refractivity contribution in [3.05, 3.63) is 65.7 Å². The molecule has 1 N–H and O–H groups in total. The van der Waals surface area contributed by atoms with E-state index >= 15 is 0 Å². The molecule has 0 bridgehead atoms. The number of likely N-dealkylation sites (tertiary alicyclic amines) is 1. The van der Waals surface area contributed by atoms with Crippen molar-refractivity contribution < 1.29 is 9.90 Å². The van der Waals surface area contributed by atoms with Crippen LogP contribution in [0.15, 0.2) is 59.5 Å². The van der Waals surface area contributed by atoms with Gasteiger partial charge in [0.2, 0.25) is 0 Å². The van der Waals surface area contributed by atoms with Crippen molar-refractivity contribution in [2.24, 2.45) is 5.92 Å². The Morgan fingerprint density at radius 2 is 1.83 bits per heavy atom. The van der Waals surface area contributed by atoms with Gasteiger partial charge < -0.3 is 5.11 Å². The van der Waals surface area contributed by atoms with Gasteiger partial charge in [-0.05, 0) is 29.5 Å². The molecule has 1 heterocycles. The third-order valence-electron chi connectivity index (χ3n) is 4.51. The zero-order valence-electron chi connectivity index (χ0n) is 13.2. The fourth-order valence-electron chi connectivity index (χ4n) is 3.30. The molecule has 0 radical (unpaired) electrons. The number of carboxylic acids is 1. The quantitative estimate of drug-likeness (QED) is 0.850. The van der Waals surface area contributed by atoms with E-state index in [1.807, 2.05) is 24.5 Å². The first-order valence-corrected chi connectivity index (χ1v) is 9.03. The Balaban J connectivity index is 1.76. The summed E-state index contributed by atoms with van der Waals surface area (Å²) in [5, 5.41) is 9.60. The molecule has 120 valence electrons. The second kappa shape index (κ2) is 7.20. The van der Waals surface area contributed by atoms with Crippen LogP contribution in [0, 0.1) is 5.92 Å². The molecule has 2 atom stereocenters. The van der Waals surface area contributed by atoms with Gasteiger partial charge in [-0.3, -0.25) is 9.69 Å². The summed E-state index contributed by atoms with van der Waals surface area (Å²) < 4.78 is 0. The van der Waals surface area contributed by atoms with Crippen molar-refractivity contribution in [3.63, 3.8) is 0 Å². The van der Waals surface area contributed by atoms with Crippen LogP contribution in [0.25, 0.3) is 0 Å². The van der Waals surface area contributed by atoms with E-state index in [0.29, 0.717) is 6.54 Å². The molecule has 3 rings (SSSR count). The standard InChI is InChI=1S/C19H21NO2S/c1-23-16-9-7-15(8-10-16)17-12-20(13-18(17)19(21)22)11-14-5-3-2-4-6-14/h2-10,17-18H,11-13H2,1H3,(H,21,22). The number of nitrogens with zero attached hydrogens (tertiary/aromatic N) is 1. The topological polar surface area (TPSA) is 40.5 Å². The van der Waals surface area contributed by atoms with Crippen LogP contribution in [0.3, 0.4) is 0 Å². The lowest BCUT2D eigenvalue weighted by atomic mass is 9.89. The van der Waals surface area contributed by atoms with E-state index in [0.717, 1.165) is 18.7 Å². The summed E-state index contributed by atoms with van der Waals surface area (Å²) in [7, 11) is 0. The van der Waals surface area contributed by atoms with Gasteiger partial charge in [0, 0.05) is 30.4 Å². The van der Waals surface area contributed by atoms with E-state index in [1.165, 1.54) is 10.5 Å². The van der Waals surface area contributed by atoms with Gasteiger partial charge in [-0.25, -0.2) is 0 Å². The number of hydrogen-bond acceptors (Lipinski definition) is 3. The van der Waals surface area contributed by atoms with Crippen molar-refractivity contribution in [1.29, 1.82) is 0 Å². The molecule has 0 aliphatic carbocycles. The van der Waals surface area contributed by atoms with Gasteiger partial charge in [0.25, 0.3) is 0 Å². The Morgan fingerprint density at radius 1 is 1.13 bits per heavy atom. The molecule has 0 spiro atoms. The molecular weight excluding hydrogens is 306 g/mol. The SMILES string of the molecule is CSc1ccc(C2CN(Cc3ccccc3)CC2C(=O)O)cc1. The van der Waals surface area contributed by atoms with Crippen LogP contribution in [-0.4, -0.2) is 35.3 Å². The molecule has 0 amide bonds. The zero-order valence-corrected chi connectivity index (χ0v) is 14.0. The number of rotatable bonds is 5. The van der Waals surface area contributed by atoms with Crippen LogP contribution < -0.4 is 0 Å². The van der Waals surface area contributed by atoms with Gasteiger partial charge in [0.1, 0.15) is 0 Å². The van der Waals surface area contributed by atoms with Crippen molar-refractivity contribution in [1.82, 2.24) is 4.90 Å². The maximum atomic E-state index is 11.7. The van der Waals surface area contributed by atoms with E-state index < -0.39 is 5.97 Å². The molecule has 0 aromatic heterocycles. The highest BCUT2D eigenvalue weighted by atomic mass is 32.2. The van der Waals surface area contributed by atoms with Gasteiger partial charge in [0.15, 0.2) is 0 Å². The molecule has 4 heteroatoms. The van der Waals surface area contributed by atoms with Gasteiger partial charge in [-0.2, -0.15) is 0 Å². The first-order valence-electron chi connectivity index (χ1n) is 7.80. The van der Waals surface area contributed by atoms with E-state index in [2.05, 4.69) is 41.3 Å². The molecule has 23 heavy (non-hydrogen) atoms. The third-order valence-corrected chi connectivity index (χ3v) is 5.25. The fourth-order valence-corrected chi connectivity index (χ4v) is 3.70. The summed E-state index contributed by atoms with van der Waals surface area (Å²) >= 11 is 1.70. The molecule has 2 unspecified atom stereocenters. The summed E-state index contributed by atoms with van der Waals surface area (Å²) in [5.41, 5.74) is 2.36. The first-order chi connectivity index (χ1) is 11.2. The fraction of sp³-hybridized carbons (Fsp3) is 0.316. The minimum absolute atomic E-state index is 0.0621. The monoisotopic (exact) mass is 327 g/mol. The highest BCUT2D eigenvalue weighted by Crippen LogP contribution is 2.34. The number of benzene rings is 2. The highest BCUT2D eigenvalue weighted by Gasteiger charge is 2.38. The minimum atomic E-state index is -0.695. The molecule has 0 saturated carbocycles. The zero-order chi connectivity index (χ0) is 16.2. The Kier molecular flexibility index (Phi) is 5.03. The van der Waals surface area contributed by atoms with Gasteiger partial charge in [-0.15, -0.1) is 11.8 Å². The summed E-state index contributed by atoms with van der Waals surface area (Å²) in [6.07, 6.45) is 2.05. The van der Waals surface area contributed by atoms with Crippen molar-refractivity contribution in [2.75, 3.05) is 19.3 Å². The average molecular weight is 327 g/mol. The second-order valence-corrected chi connectivity index (χ2v) is 6.88. The number of carboxylic acid groups (broad SMARTS) is 1. The van der Waals surface area contributed by atoms with Gasteiger partial charge in [0.05, 0.1) is 5.92 Å². The second-order valence-electron chi connectivity index (χ2n) is 6.00. The Bertz CT molecular complexity index is 657. The average Bonchev–Trinajstić information content (AvgIpc) is 3.00. The molecular formula is C19H21NO2S. The van der Waals surface area contributed by atoms with Crippen LogP contribution >= 0.6 is 11.8 Å². The number of aliphatic carboxylic acids is 1. The molecule has 2 aromatic rings. The van der Waals surface area contributed by atoms with E-state index in [4.69, 9.17) is 0 Å². The largest absolute Gasteiger partial charge is 0.481 e. The molecule has 1 saturated heterocycles. The van der Waals surface area contributed by atoms with Gasteiger partial charge >= 0.3 is 5.97 Å². The molecule has 3 nitrogen and oxygen atoms in total. The summed E-state index contributed by atoms with van der Waals surface area (Å²) in [6.45, 7) is 2.22. The minimum Gasteiger partial charge on any atom is -0.481 e. The summed E-state index contributed by atoms with van der Waals surface area (Å²) in [5.74, 6) is -0.967. The lowest BCUT2D eigenvalue weighted by Crippen LogP contribution is -2.23.